The summed E-state index contributed by atoms with van der Waals surface area (Å²) in [5.41, 5.74) is -0.364. The Morgan fingerprint density at radius 1 is 1.39 bits per heavy atom. The molecule has 0 heterocycles. The molecule has 0 atom stereocenters. The van der Waals surface area contributed by atoms with Gasteiger partial charge in [0.2, 0.25) is 0 Å². The normalized spacial score (nSPS) is 10.9. The molecule has 0 aliphatic heterocycles. The Kier molecular flexibility index (Phi) is 4.30. The number of benzene rings is 1. The van der Waals surface area contributed by atoms with Gasteiger partial charge in [-0.1, -0.05) is 12.1 Å². The highest BCUT2D eigenvalue weighted by atomic mass is 19.4. The van der Waals surface area contributed by atoms with E-state index in [-0.39, 0.29) is 12.2 Å². The van der Waals surface area contributed by atoms with Gasteiger partial charge in [0.15, 0.2) is 0 Å². The summed E-state index contributed by atoms with van der Waals surface area (Å²) >= 11 is 0. The lowest BCUT2D eigenvalue weighted by molar-refractivity contribution is -0.189. The molecule has 1 radical (unpaired) electrons. The van der Waals surface area contributed by atoms with E-state index >= 15 is 0 Å². The molecule has 18 heavy (non-hydrogen) atoms. The van der Waals surface area contributed by atoms with Gasteiger partial charge in [0, 0.05) is 6.07 Å². The molecule has 7 heteroatoms. The van der Waals surface area contributed by atoms with Crippen LogP contribution < -0.4 is 4.74 Å². The van der Waals surface area contributed by atoms with Crippen LogP contribution in [-0.4, -0.2) is 24.7 Å². The zero-order valence-corrected chi connectivity index (χ0v) is 9.21. The third-order valence-electron chi connectivity index (χ3n) is 1.73. The summed E-state index contributed by atoms with van der Waals surface area (Å²) in [5, 5.41) is 0. The Bertz CT molecular complexity index is 454. The molecule has 0 fully saturated rings. The van der Waals surface area contributed by atoms with Gasteiger partial charge >= 0.3 is 18.1 Å². The van der Waals surface area contributed by atoms with E-state index in [0.717, 1.165) is 6.07 Å². The van der Waals surface area contributed by atoms with Gasteiger partial charge in [0.25, 0.3) is 0 Å². The zero-order valence-electron chi connectivity index (χ0n) is 9.21. The van der Waals surface area contributed by atoms with Crippen molar-refractivity contribution in [2.24, 2.45) is 0 Å². The van der Waals surface area contributed by atoms with Crippen LogP contribution in [0.3, 0.4) is 0 Å². The van der Waals surface area contributed by atoms with Crippen LogP contribution in [0.25, 0.3) is 0 Å². The smallest absolute Gasteiger partial charge is 0.462 e. The van der Waals surface area contributed by atoms with E-state index in [4.69, 9.17) is 0 Å². The minimum absolute atomic E-state index is 0.0359. The molecule has 1 rings (SSSR count). The van der Waals surface area contributed by atoms with E-state index in [9.17, 15) is 22.8 Å². The van der Waals surface area contributed by atoms with E-state index in [1.54, 1.807) is 0 Å². The first-order chi connectivity index (χ1) is 8.36. The molecule has 0 aliphatic rings. The predicted octanol–water partition coefficient (Wildman–Crippen LogP) is 2.13. The number of hydrogen-bond acceptors (Lipinski definition) is 4. The van der Waals surface area contributed by atoms with Crippen LogP contribution in [-0.2, 0) is 9.53 Å². The van der Waals surface area contributed by atoms with E-state index in [0.29, 0.717) is 0 Å². The number of carbonyl (C=O) groups excluding carboxylic acids is 2. The molecule has 0 N–H and O–H groups in total. The molecule has 0 aromatic heterocycles. The Balaban J connectivity index is 2.96. The maximum Gasteiger partial charge on any atom is 0.491 e. The van der Waals surface area contributed by atoms with Crippen LogP contribution in [0.5, 0.6) is 5.75 Å². The summed E-state index contributed by atoms with van der Waals surface area (Å²) < 4.78 is 44.7. The summed E-state index contributed by atoms with van der Waals surface area (Å²) in [5.74, 6) is -3.87. The highest BCUT2D eigenvalue weighted by Crippen LogP contribution is 2.23. The Morgan fingerprint density at radius 3 is 2.61 bits per heavy atom. The molecule has 97 valence electrons. The van der Waals surface area contributed by atoms with Crippen molar-refractivity contribution in [3.63, 3.8) is 0 Å². The van der Waals surface area contributed by atoms with E-state index in [1.165, 1.54) is 19.1 Å². The Morgan fingerprint density at radius 2 is 2.06 bits per heavy atom. The number of ether oxygens (including phenoxy) is 2. The van der Waals surface area contributed by atoms with Crippen LogP contribution in [0.1, 0.15) is 17.3 Å². The van der Waals surface area contributed by atoms with Gasteiger partial charge in [-0.2, -0.15) is 13.2 Å². The molecule has 4 nitrogen and oxygen atoms in total. The molecular weight excluding hydrogens is 253 g/mol. The molecular formula is C11H8F3O4. The quantitative estimate of drug-likeness (QED) is 0.617. The highest BCUT2D eigenvalue weighted by molar-refractivity contribution is 5.93. The van der Waals surface area contributed by atoms with Gasteiger partial charge < -0.3 is 9.47 Å². The number of carbonyl (C=O) groups is 2. The first-order valence-electron chi connectivity index (χ1n) is 4.83. The Labute approximate surface area is 100 Å². The van der Waals surface area contributed by atoms with Crippen LogP contribution in [0.15, 0.2) is 18.2 Å². The molecule has 0 aliphatic carbocycles. The third kappa shape index (κ3) is 3.47. The topological polar surface area (TPSA) is 52.6 Å². The van der Waals surface area contributed by atoms with Crippen molar-refractivity contribution in [2.45, 2.75) is 13.1 Å². The van der Waals surface area contributed by atoms with Crippen molar-refractivity contribution in [2.75, 3.05) is 6.61 Å². The lowest BCUT2D eigenvalue weighted by atomic mass is 10.2. The minimum Gasteiger partial charge on any atom is -0.462 e. The fourth-order valence-corrected chi connectivity index (χ4v) is 1.03. The van der Waals surface area contributed by atoms with Crippen molar-refractivity contribution < 1.29 is 32.2 Å². The number of rotatable bonds is 3. The van der Waals surface area contributed by atoms with Gasteiger partial charge in [-0.15, -0.1) is 0 Å². The van der Waals surface area contributed by atoms with E-state index in [2.05, 4.69) is 15.5 Å². The monoisotopic (exact) mass is 261 g/mol. The van der Waals surface area contributed by atoms with Gasteiger partial charge in [-0.05, 0) is 13.0 Å². The SMILES string of the molecule is CCOC(=O)c1[c]cccc1OC(=O)C(F)(F)F. The van der Waals surface area contributed by atoms with Crippen LogP contribution >= 0.6 is 0 Å². The minimum atomic E-state index is -5.14. The second kappa shape index (κ2) is 5.52. The first kappa shape index (κ1) is 14.0. The summed E-state index contributed by atoms with van der Waals surface area (Å²) in [6, 6.07) is 5.98. The second-order valence-corrected chi connectivity index (χ2v) is 3.02. The maximum atomic E-state index is 12.0. The number of esters is 2. The molecule has 0 spiro atoms. The van der Waals surface area contributed by atoms with Gasteiger partial charge in [0.1, 0.15) is 11.3 Å². The summed E-state index contributed by atoms with van der Waals surface area (Å²) in [6.45, 7) is 1.57. The molecule has 1 aromatic carbocycles. The average Bonchev–Trinajstić information content (AvgIpc) is 2.28. The highest BCUT2D eigenvalue weighted by Gasteiger charge is 2.41. The van der Waals surface area contributed by atoms with Crippen molar-refractivity contribution in [1.82, 2.24) is 0 Å². The number of halogens is 3. The lowest BCUT2D eigenvalue weighted by Gasteiger charge is -2.10. The van der Waals surface area contributed by atoms with Gasteiger partial charge in [-0.3, -0.25) is 0 Å². The van der Waals surface area contributed by atoms with Crippen molar-refractivity contribution >= 4 is 11.9 Å². The van der Waals surface area contributed by atoms with Crippen molar-refractivity contribution in [1.29, 1.82) is 0 Å². The third-order valence-corrected chi connectivity index (χ3v) is 1.73. The lowest BCUT2D eigenvalue weighted by Crippen LogP contribution is -2.28. The largest absolute Gasteiger partial charge is 0.491 e. The number of hydrogen-bond donors (Lipinski definition) is 0. The maximum absolute atomic E-state index is 12.0. The molecule has 0 saturated heterocycles. The van der Waals surface area contributed by atoms with E-state index < -0.39 is 23.9 Å². The van der Waals surface area contributed by atoms with Gasteiger partial charge in [0.05, 0.1) is 6.61 Å². The van der Waals surface area contributed by atoms with Crippen molar-refractivity contribution in [3.8, 4) is 5.75 Å². The molecule has 1 aromatic rings. The van der Waals surface area contributed by atoms with Crippen LogP contribution in [0.4, 0.5) is 13.2 Å². The Hall–Kier alpha value is -2.05. The molecule has 0 amide bonds. The average molecular weight is 261 g/mol. The predicted molar refractivity (Wildman–Crippen MR) is 52.9 cm³/mol. The van der Waals surface area contributed by atoms with Crippen molar-refractivity contribution in [3.05, 3.63) is 29.8 Å². The molecule has 0 unspecified atom stereocenters. The van der Waals surface area contributed by atoms with E-state index in [1.807, 2.05) is 0 Å². The standard InChI is InChI=1S/C11H8F3O4/c1-2-17-9(15)7-5-3-4-6-8(7)18-10(16)11(12,13)14/h3-4,6H,2H2,1H3. The molecule has 0 bridgehead atoms. The first-order valence-corrected chi connectivity index (χ1v) is 4.83. The fourth-order valence-electron chi connectivity index (χ4n) is 1.03. The fraction of sp³-hybridized carbons (Fsp3) is 0.273. The number of alkyl halides is 3. The summed E-state index contributed by atoms with van der Waals surface area (Å²) in [6.07, 6.45) is -5.14. The summed E-state index contributed by atoms with van der Waals surface area (Å²) in [7, 11) is 0. The second-order valence-electron chi connectivity index (χ2n) is 3.02. The van der Waals surface area contributed by atoms with Gasteiger partial charge in [-0.25, -0.2) is 9.59 Å². The summed E-state index contributed by atoms with van der Waals surface area (Å²) in [4.78, 5) is 22.0. The van der Waals surface area contributed by atoms with Crippen LogP contribution in [0.2, 0.25) is 0 Å². The van der Waals surface area contributed by atoms with Crippen LogP contribution in [0, 0.1) is 6.07 Å². The zero-order chi connectivity index (χ0) is 13.8. The molecule has 0 saturated carbocycles.